The first-order valence-corrected chi connectivity index (χ1v) is 7.83. The summed E-state index contributed by atoms with van der Waals surface area (Å²) in [5.74, 6) is 0.173. The van der Waals surface area contributed by atoms with Crippen LogP contribution in [-0.4, -0.2) is 28.2 Å². The summed E-state index contributed by atoms with van der Waals surface area (Å²) in [6.45, 7) is 1.05. The number of rotatable bonds is 3. The van der Waals surface area contributed by atoms with Crippen molar-refractivity contribution in [3.05, 3.63) is 53.9 Å². The highest BCUT2D eigenvalue weighted by molar-refractivity contribution is 5.32. The maximum Gasteiger partial charge on any atom is 0.433 e. The second-order valence-electron chi connectivity index (χ2n) is 5.92. The molecule has 1 aromatic carbocycles. The molecule has 0 radical (unpaired) electrons. The molecule has 3 rings (SSSR count). The van der Waals surface area contributed by atoms with Crippen molar-refractivity contribution in [3.8, 4) is 0 Å². The lowest BCUT2D eigenvalue weighted by atomic mass is 9.87. The number of aliphatic hydroxyl groups is 1. The highest BCUT2D eigenvalue weighted by Crippen LogP contribution is 2.32. The summed E-state index contributed by atoms with van der Waals surface area (Å²) in [4.78, 5) is 9.32. The van der Waals surface area contributed by atoms with E-state index in [4.69, 9.17) is 0 Å². The predicted molar refractivity (Wildman–Crippen MR) is 83.4 cm³/mol. The summed E-state index contributed by atoms with van der Waals surface area (Å²) < 4.78 is 38.2. The topological polar surface area (TPSA) is 49.2 Å². The monoisotopic (exact) mass is 337 g/mol. The van der Waals surface area contributed by atoms with Crippen LogP contribution in [0.2, 0.25) is 0 Å². The molecule has 1 fully saturated rings. The first kappa shape index (κ1) is 16.7. The van der Waals surface area contributed by atoms with E-state index in [1.54, 1.807) is 4.90 Å². The summed E-state index contributed by atoms with van der Waals surface area (Å²) in [5.41, 5.74) is -0.0646. The summed E-state index contributed by atoms with van der Waals surface area (Å²) in [7, 11) is 0. The van der Waals surface area contributed by atoms with E-state index in [9.17, 15) is 18.3 Å². The Kier molecular flexibility index (Phi) is 4.71. The van der Waals surface area contributed by atoms with Gasteiger partial charge in [-0.25, -0.2) is 9.97 Å². The number of benzene rings is 1. The second-order valence-corrected chi connectivity index (χ2v) is 5.92. The number of hydrogen-bond donors (Lipinski definition) is 1. The summed E-state index contributed by atoms with van der Waals surface area (Å²) in [6.07, 6.45) is -2.54. The van der Waals surface area contributed by atoms with Gasteiger partial charge in [-0.1, -0.05) is 30.3 Å². The molecular weight excluding hydrogens is 319 g/mol. The number of alkyl halides is 3. The third kappa shape index (κ3) is 3.67. The Morgan fingerprint density at radius 2 is 1.75 bits per heavy atom. The van der Waals surface area contributed by atoms with Crippen molar-refractivity contribution in [1.82, 2.24) is 9.97 Å². The Morgan fingerprint density at radius 3 is 2.38 bits per heavy atom. The molecule has 0 aliphatic carbocycles. The summed E-state index contributed by atoms with van der Waals surface area (Å²) in [5, 5.41) is 10.5. The van der Waals surface area contributed by atoms with Gasteiger partial charge in [0, 0.05) is 19.3 Å². The van der Waals surface area contributed by atoms with Crippen LogP contribution < -0.4 is 4.90 Å². The van der Waals surface area contributed by atoms with E-state index < -0.39 is 18.0 Å². The number of aliphatic hydroxyl groups excluding tert-OH is 1. The summed E-state index contributed by atoms with van der Waals surface area (Å²) in [6, 6.07) is 10.3. The molecule has 0 spiro atoms. The van der Waals surface area contributed by atoms with Crippen LogP contribution in [0.15, 0.2) is 42.6 Å². The molecule has 24 heavy (non-hydrogen) atoms. The van der Waals surface area contributed by atoms with Crippen molar-refractivity contribution in [2.24, 2.45) is 5.92 Å². The maximum absolute atomic E-state index is 12.7. The average Bonchev–Trinajstić information content (AvgIpc) is 2.61. The van der Waals surface area contributed by atoms with Crippen LogP contribution in [0.25, 0.3) is 0 Å². The third-order valence-electron chi connectivity index (χ3n) is 4.34. The van der Waals surface area contributed by atoms with Gasteiger partial charge in [-0.15, -0.1) is 0 Å². The predicted octanol–water partition coefficient (Wildman–Crippen LogP) is 3.45. The molecule has 0 bridgehead atoms. The zero-order valence-corrected chi connectivity index (χ0v) is 12.9. The van der Waals surface area contributed by atoms with Gasteiger partial charge in [-0.2, -0.15) is 13.2 Å². The number of piperidine rings is 1. The lowest BCUT2D eigenvalue weighted by Gasteiger charge is -2.34. The van der Waals surface area contributed by atoms with Gasteiger partial charge < -0.3 is 10.0 Å². The average molecular weight is 337 g/mol. The fraction of sp³-hybridized carbons (Fsp3) is 0.412. The highest BCUT2D eigenvalue weighted by Gasteiger charge is 2.34. The van der Waals surface area contributed by atoms with E-state index in [0.717, 1.165) is 17.8 Å². The van der Waals surface area contributed by atoms with E-state index in [1.807, 2.05) is 30.3 Å². The molecule has 2 heterocycles. The van der Waals surface area contributed by atoms with Crippen molar-refractivity contribution in [2.45, 2.75) is 25.1 Å². The van der Waals surface area contributed by atoms with Crippen LogP contribution in [0.4, 0.5) is 19.1 Å². The molecule has 4 nitrogen and oxygen atoms in total. The Bertz CT molecular complexity index is 670. The standard InChI is InChI=1S/C17H18F3N3O/c18-17(19,20)14-6-9-21-16(22-14)23-10-7-13(8-11-23)15(24)12-4-2-1-3-5-12/h1-6,9,13,15,24H,7-8,10-11H2/t15-/m0/s1. The van der Waals surface area contributed by atoms with Crippen LogP contribution >= 0.6 is 0 Å². The fourth-order valence-corrected chi connectivity index (χ4v) is 3.00. The van der Waals surface area contributed by atoms with Crippen molar-refractivity contribution < 1.29 is 18.3 Å². The molecule has 1 atom stereocenters. The van der Waals surface area contributed by atoms with Gasteiger partial charge in [-0.3, -0.25) is 0 Å². The van der Waals surface area contributed by atoms with Gasteiger partial charge in [-0.05, 0) is 30.4 Å². The minimum Gasteiger partial charge on any atom is -0.388 e. The van der Waals surface area contributed by atoms with Gasteiger partial charge in [0.15, 0.2) is 0 Å². The SMILES string of the molecule is O[C@@H](c1ccccc1)C1CCN(c2nccc(C(F)(F)F)n2)CC1. The molecule has 1 N–H and O–H groups in total. The second kappa shape index (κ2) is 6.76. The molecular formula is C17H18F3N3O. The zero-order valence-electron chi connectivity index (χ0n) is 12.9. The Hall–Kier alpha value is -2.15. The molecule has 1 aliphatic heterocycles. The van der Waals surface area contributed by atoms with Crippen molar-refractivity contribution >= 4 is 5.95 Å². The molecule has 7 heteroatoms. The minimum atomic E-state index is -4.47. The van der Waals surface area contributed by atoms with Gasteiger partial charge >= 0.3 is 6.18 Å². The van der Waals surface area contributed by atoms with Gasteiger partial charge in [0.25, 0.3) is 0 Å². The van der Waals surface area contributed by atoms with Crippen LogP contribution in [0.3, 0.4) is 0 Å². The van der Waals surface area contributed by atoms with Crippen LogP contribution in [0.5, 0.6) is 0 Å². The van der Waals surface area contributed by atoms with Crippen molar-refractivity contribution in [2.75, 3.05) is 18.0 Å². The van der Waals surface area contributed by atoms with Crippen LogP contribution in [-0.2, 0) is 6.18 Å². The number of aromatic nitrogens is 2. The van der Waals surface area contributed by atoms with Crippen LogP contribution in [0.1, 0.15) is 30.2 Å². The smallest absolute Gasteiger partial charge is 0.388 e. The number of anilines is 1. The van der Waals surface area contributed by atoms with E-state index in [2.05, 4.69) is 9.97 Å². The minimum absolute atomic E-state index is 0.0782. The number of hydrogen-bond acceptors (Lipinski definition) is 4. The summed E-state index contributed by atoms with van der Waals surface area (Å²) >= 11 is 0. The molecule has 128 valence electrons. The maximum atomic E-state index is 12.7. The lowest BCUT2D eigenvalue weighted by Crippen LogP contribution is -2.37. The quantitative estimate of drug-likeness (QED) is 0.932. The van der Waals surface area contributed by atoms with Gasteiger partial charge in [0.05, 0.1) is 6.10 Å². The molecule has 0 unspecified atom stereocenters. The molecule has 1 aromatic heterocycles. The zero-order chi connectivity index (χ0) is 17.2. The van der Waals surface area contributed by atoms with E-state index in [1.165, 1.54) is 0 Å². The molecule has 0 saturated carbocycles. The fourth-order valence-electron chi connectivity index (χ4n) is 3.00. The van der Waals surface area contributed by atoms with E-state index in [0.29, 0.717) is 25.9 Å². The van der Waals surface area contributed by atoms with Gasteiger partial charge in [0.1, 0.15) is 5.69 Å². The number of nitrogens with zero attached hydrogens (tertiary/aromatic N) is 3. The Labute approximate surface area is 138 Å². The first-order valence-electron chi connectivity index (χ1n) is 7.83. The van der Waals surface area contributed by atoms with Crippen molar-refractivity contribution in [3.63, 3.8) is 0 Å². The highest BCUT2D eigenvalue weighted by atomic mass is 19.4. The molecule has 1 aliphatic rings. The van der Waals surface area contributed by atoms with Crippen molar-refractivity contribution in [1.29, 1.82) is 0 Å². The molecule has 2 aromatic rings. The lowest BCUT2D eigenvalue weighted by molar-refractivity contribution is -0.141. The molecule has 1 saturated heterocycles. The Morgan fingerprint density at radius 1 is 1.08 bits per heavy atom. The normalized spacial score (nSPS) is 17.8. The van der Waals surface area contributed by atoms with E-state index in [-0.39, 0.29) is 11.9 Å². The number of halogens is 3. The third-order valence-corrected chi connectivity index (χ3v) is 4.34. The van der Waals surface area contributed by atoms with E-state index >= 15 is 0 Å². The van der Waals surface area contributed by atoms with Gasteiger partial charge in [0.2, 0.25) is 5.95 Å². The largest absolute Gasteiger partial charge is 0.433 e. The Balaban J connectivity index is 1.65. The van der Waals surface area contributed by atoms with Crippen LogP contribution in [0, 0.1) is 5.92 Å². The molecule has 0 amide bonds. The first-order chi connectivity index (χ1) is 11.4.